The van der Waals surface area contributed by atoms with Crippen LogP contribution in [0.25, 0.3) is 0 Å². The van der Waals surface area contributed by atoms with E-state index in [2.05, 4.69) is 15.1 Å². The third-order valence-corrected chi connectivity index (χ3v) is 4.79. The van der Waals surface area contributed by atoms with E-state index in [0.29, 0.717) is 5.69 Å². The summed E-state index contributed by atoms with van der Waals surface area (Å²) < 4.78 is 9.08. The fourth-order valence-corrected chi connectivity index (χ4v) is 3.40. The van der Waals surface area contributed by atoms with Crippen molar-refractivity contribution in [3.05, 3.63) is 59.6 Å². The molecular formula is C18H23N5O2. The van der Waals surface area contributed by atoms with Crippen LogP contribution in [0.5, 0.6) is 0 Å². The standard InChI is InChI=1S/C18H23N5O2/c1-21-17(6-7-19-21)18(24)16-12-14-13-22(9-10-23(14)20-16)8-2-4-15-5-3-11-25-15/h3,5-7,11-12,18,24H,2,4,8-10,13H2,1H3/t18-/m1/s1. The van der Waals surface area contributed by atoms with Gasteiger partial charge in [0.25, 0.3) is 0 Å². The molecule has 4 rings (SSSR count). The number of rotatable bonds is 6. The second kappa shape index (κ2) is 6.85. The van der Waals surface area contributed by atoms with Gasteiger partial charge in [-0.1, -0.05) is 0 Å². The number of aryl methyl sites for hydroxylation is 2. The molecule has 3 aromatic rings. The molecule has 7 heteroatoms. The van der Waals surface area contributed by atoms with Crippen LogP contribution in [0.1, 0.15) is 35.4 Å². The Hall–Kier alpha value is -2.38. The summed E-state index contributed by atoms with van der Waals surface area (Å²) in [5.41, 5.74) is 2.60. The van der Waals surface area contributed by atoms with Gasteiger partial charge in [0, 0.05) is 32.8 Å². The molecule has 25 heavy (non-hydrogen) atoms. The van der Waals surface area contributed by atoms with Gasteiger partial charge in [0.2, 0.25) is 0 Å². The van der Waals surface area contributed by atoms with Gasteiger partial charge in [-0.3, -0.25) is 14.3 Å². The molecule has 0 bridgehead atoms. The van der Waals surface area contributed by atoms with Crippen LogP contribution in [0.15, 0.2) is 41.1 Å². The van der Waals surface area contributed by atoms with E-state index in [1.807, 2.05) is 36.0 Å². The van der Waals surface area contributed by atoms with Crippen LogP contribution in [-0.2, 0) is 26.6 Å². The van der Waals surface area contributed by atoms with Crippen molar-refractivity contribution in [1.29, 1.82) is 0 Å². The molecule has 132 valence electrons. The highest BCUT2D eigenvalue weighted by atomic mass is 16.3. The molecule has 1 aliphatic heterocycles. The van der Waals surface area contributed by atoms with Crippen LogP contribution in [0.4, 0.5) is 0 Å². The summed E-state index contributed by atoms with van der Waals surface area (Å²) in [5.74, 6) is 1.05. The quantitative estimate of drug-likeness (QED) is 0.739. The summed E-state index contributed by atoms with van der Waals surface area (Å²) in [6.07, 6.45) is 4.72. The summed E-state index contributed by atoms with van der Waals surface area (Å²) in [4.78, 5) is 2.43. The maximum Gasteiger partial charge on any atom is 0.139 e. The van der Waals surface area contributed by atoms with E-state index in [-0.39, 0.29) is 0 Å². The van der Waals surface area contributed by atoms with Crippen LogP contribution in [0.2, 0.25) is 0 Å². The number of aromatic nitrogens is 4. The first-order valence-electron chi connectivity index (χ1n) is 8.68. The van der Waals surface area contributed by atoms with E-state index in [0.717, 1.165) is 56.2 Å². The molecule has 3 aromatic heterocycles. The van der Waals surface area contributed by atoms with Crippen molar-refractivity contribution in [2.75, 3.05) is 13.1 Å². The van der Waals surface area contributed by atoms with Crippen LogP contribution in [0.3, 0.4) is 0 Å². The monoisotopic (exact) mass is 341 g/mol. The lowest BCUT2D eigenvalue weighted by molar-refractivity contribution is 0.198. The fourth-order valence-electron chi connectivity index (χ4n) is 3.40. The van der Waals surface area contributed by atoms with Crippen molar-refractivity contribution in [2.45, 2.75) is 32.0 Å². The van der Waals surface area contributed by atoms with Gasteiger partial charge < -0.3 is 9.52 Å². The highest BCUT2D eigenvalue weighted by Crippen LogP contribution is 2.23. The average molecular weight is 341 g/mol. The highest BCUT2D eigenvalue weighted by Gasteiger charge is 2.23. The summed E-state index contributed by atoms with van der Waals surface area (Å²) in [7, 11) is 1.83. The first kappa shape index (κ1) is 16.1. The molecule has 0 saturated carbocycles. The topological polar surface area (TPSA) is 72.2 Å². The van der Waals surface area contributed by atoms with E-state index < -0.39 is 6.10 Å². The average Bonchev–Trinajstić information content (AvgIpc) is 3.34. The zero-order valence-electron chi connectivity index (χ0n) is 14.4. The number of hydrogen-bond acceptors (Lipinski definition) is 5. The Balaban J connectivity index is 1.38. The lowest BCUT2D eigenvalue weighted by Gasteiger charge is -2.27. The van der Waals surface area contributed by atoms with E-state index in [1.54, 1.807) is 17.1 Å². The SMILES string of the molecule is Cn1nccc1[C@H](O)c1cc2n(n1)CCN(CCCc1ccco1)C2. The van der Waals surface area contributed by atoms with Gasteiger partial charge in [-0.25, -0.2) is 0 Å². The number of hydrogen-bond donors (Lipinski definition) is 1. The maximum atomic E-state index is 10.6. The second-order valence-electron chi connectivity index (χ2n) is 6.52. The van der Waals surface area contributed by atoms with Crippen LogP contribution in [0, 0.1) is 0 Å². The van der Waals surface area contributed by atoms with Gasteiger partial charge in [0.1, 0.15) is 11.9 Å². The minimum absolute atomic E-state index is 0.691. The molecule has 0 aliphatic carbocycles. The molecule has 0 aromatic carbocycles. The molecule has 4 heterocycles. The third kappa shape index (κ3) is 3.38. The summed E-state index contributed by atoms with van der Waals surface area (Å²) in [5, 5.41) is 19.3. The van der Waals surface area contributed by atoms with E-state index >= 15 is 0 Å². The lowest BCUT2D eigenvalue weighted by atomic mass is 10.1. The van der Waals surface area contributed by atoms with Crippen LogP contribution >= 0.6 is 0 Å². The number of aliphatic hydroxyl groups excluding tert-OH is 1. The zero-order valence-corrected chi connectivity index (χ0v) is 14.4. The number of aliphatic hydroxyl groups is 1. The Labute approximate surface area is 146 Å². The molecule has 1 aliphatic rings. The second-order valence-corrected chi connectivity index (χ2v) is 6.52. The smallest absolute Gasteiger partial charge is 0.139 e. The van der Waals surface area contributed by atoms with Gasteiger partial charge in [0.05, 0.1) is 29.9 Å². The minimum atomic E-state index is -0.738. The molecule has 0 unspecified atom stereocenters. The van der Waals surface area contributed by atoms with E-state index in [9.17, 15) is 5.11 Å². The Morgan fingerprint density at radius 2 is 2.24 bits per heavy atom. The summed E-state index contributed by atoms with van der Waals surface area (Å²) in [6.45, 7) is 3.73. The first-order valence-corrected chi connectivity index (χ1v) is 8.68. The Morgan fingerprint density at radius 3 is 3.00 bits per heavy atom. The fraction of sp³-hybridized carbons (Fsp3) is 0.444. The number of nitrogens with zero attached hydrogens (tertiary/aromatic N) is 5. The number of furan rings is 1. The summed E-state index contributed by atoms with van der Waals surface area (Å²) >= 11 is 0. The van der Waals surface area contributed by atoms with Gasteiger partial charge in [-0.2, -0.15) is 10.2 Å². The van der Waals surface area contributed by atoms with Gasteiger partial charge >= 0.3 is 0 Å². The van der Waals surface area contributed by atoms with E-state index in [1.165, 1.54) is 0 Å². The van der Waals surface area contributed by atoms with Gasteiger partial charge in [-0.05, 0) is 37.2 Å². The Bertz CT molecular complexity index is 821. The molecule has 0 spiro atoms. The largest absolute Gasteiger partial charge is 0.469 e. The molecular weight excluding hydrogens is 318 g/mol. The van der Waals surface area contributed by atoms with Crippen molar-refractivity contribution in [3.63, 3.8) is 0 Å². The van der Waals surface area contributed by atoms with Crippen LogP contribution in [-0.4, -0.2) is 42.7 Å². The Kier molecular flexibility index (Phi) is 4.42. The maximum absolute atomic E-state index is 10.6. The Morgan fingerprint density at radius 1 is 1.32 bits per heavy atom. The molecule has 0 radical (unpaired) electrons. The van der Waals surface area contributed by atoms with Gasteiger partial charge in [-0.15, -0.1) is 0 Å². The predicted molar refractivity (Wildman–Crippen MR) is 91.8 cm³/mol. The van der Waals surface area contributed by atoms with E-state index in [4.69, 9.17) is 4.42 Å². The van der Waals surface area contributed by atoms with Gasteiger partial charge in [0.15, 0.2) is 0 Å². The first-order chi connectivity index (χ1) is 12.2. The molecule has 0 fully saturated rings. The third-order valence-electron chi connectivity index (χ3n) is 4.79. The molecule has 0 saturated heterocycles. The predicted octanol–water partition coefficient (Wildman–Crippen LogP) is 1.74. The molecule has 0 amide bonds. The van der Waals surface area contributed by atoms with Crippen molar-refractivity contribution >= 4 is 0 Å². The highest BCUT2D eigenvalue weighted by molar-refractivity contribution is 5.22. The zero-order chi connectivity index (χ0) is 17.2. The lowest BCUT2D eigenvalue weighted by Crippen LogP contribution is -2.34. The van der Waals surface area contributed by atoms with Crippen LogP contribution < -0.4 is 0 Å². The molecule has 1 atom stereocenters. The van der Waals surface area contributed by atoms with Crippen molar-refractivity contribution < 1.29 is 9.52 Å². The normalized spacial score (nSPS) is 16.1. The van der Waals surface area contributed by atoms with Crippen molar-refractivity contribution in [2.24, 2.45) is 7.05 Å². The summed E-state index contributed by atoms with van der Waals surface area (Å²) in [6, 6.07) is 7.79. The number of fused-ring (bicyclic) bond motifs is 1. The molecule has 7 nitrogen and oxygen atoms in total. The minimum Gasteiger partial charge on any atom is -0.469 e. The van der Waals surface area contributed by atoms with Crippen molar-refractivity contribution in [1.82, 2.24) is 24.5 Å². The molecule has 1 N–H and O–H groups in total. The van der Waals surface area contributed by atoms with Crippen molar-refractivity contribution in [3.8, 4) is 0 Å².